The number of nitrogens with two attached hydrogens (primary N) is 1. The van der Waals surface area contributed by atoms with E-state index in [0.29, 0.717) is 32.6 Å². The monoisotopic (exact) mass is 498 g/mol. The number of rotatable bonds is 11. The molecule has 1 aromatic heterocycles. The maximum atomic E-state index is 12.8. The molecule has 0 atom stereocenters. The Hall–Kier alpha value is -2.72. The minimum absolute atomic E-state index is 0.0466. The lowest BCUT2D eigenvalue weighted by Crippen LogP contribution is -2.39. The van der Waals surface area contributed by atoms with Crippen molar-refractivity contribution >= 4 is 26.8 Å². The topological polar surface area (TPSA) is 129 Å². The van der Waals surface area contributed by atoms with Crippen LogP contribution in [0.1, 0.15) is 36.3 Å². The molecule has 1 amide bonds. The summed E-state index contributed by atoms with van der Waals surface area (Å²) in [6.07, 6.45) is 4.17. The summed E-state index contributed by atoms with van der Waals surface area (Å²) < 4.78 is 27.2. The Morgan fingerprint density at radius 2 is 1.86 bits per heavy atom. The zero-order chi connectivity index (χ0) is 24.8. The van der Waals surface area contributed by atoms with Gasteiger partial charge in [-0.25, -0.2) is 12.7 Å². The summed E-state index contributed by atoms with van der Waals surface area (Å²) in [6, 6.07) is 14.2. The van der Waals surface area contributed by atoms with Crippen LogP contribution in [-0.2, 0) is 21.2 Å². The van der Waals surface area contributed by atoms with Crippen LogP contribution >= 0.6 is 0 Å². The van der Waals surface area contributed by atoms with Gasteiger partial charge in [0, 0.05) is 36.7 Å². The van der Waals surface area contributed by atoms with Crippen molar-refractivity contribution in [2.75, 3.05) is 38.5 Å². The fourth-order valence-electron chi connectivity index (χ4n) is 4.95. The molecule has 8 nitrogen and oxygen atoms in total. The number of sulfonamides is 1. The van der Waals surface area contributed by atoms with E-state index < -0.39 is 10.0 Å². The molecule has 0 aliphatic carbocycles. The van der Waals surface area contributed by atoms with Gasteiger partial charge >= 0.3 is 0 Å². The Morgan fingerprint density at radius 3 is 2.54 bits per heavy atom. The number of amides is 1. The summed E-state index contributed by atoms with van der Waals surface area (Å²) in [4.78, 5) is 15.1. The van der Waals surface area contributed by atoms with Gasteiger partial charge < -0.3 is 21.1 Å². The van der Waals surface area contributed by atoms with Crippen LogP contribution in [0.3, 0.4) is 0 Å². The SMILES string of the molecule is NC(=O)Cc1cc(-c2ccccc2)cc2c(C3CCN(S(=O)(=O)CCCNCCO)CC3)c[nH]c12. The lowest BCUT2D eigenvalue weighted by atomic mass is 9.88. The van der Waals surface area contributed by atoms with E-state index >= 15 is 0 Å². The van der Waals surface area contributed by atoms with Gasteiger partial charge in [-0.3, -0.25) is 4.79 Å². The standard InChI is InChI=1S/C26H34N4O4S/c27-25(32)17-22-15-21(19-5-2-1-3-6-19)16-23-24(18-29-26(22)23)20-7-11-30(12-8-20)35(33,34)14-4-9-28-10-13-31/h1-3,5-6,15-16,18,20,28-29,31H,4,7-14,17H2,(H2,27,32). The maximum Gasteiger partial charge on any atom is 0.221 e. The van der Waals surface area contributed by atoms with Crippen LogP contribution < -0.4 is 11.1 Å². The van der Waals surface area contributed by atoms with Gasteiger partial charge in [-0.15, -0.1) is 0 Å². The minimum Gasteiger partial charge on any atom is -0.395 e. The molecular formula is C26H34N4O4S. The van der Waals surface area contributed by atoms with Gasteiger partial charge in [-0.1, -0.05) is 30.3 Å². The van der Waals surface area contributed by atoms with Crippen LogP contribution in [0.5, 0.6) is 0 Å². The largest absolute Gasteiger partial charge is 0.395 e. The predicted molar refractivity (Wildman–Crippen MR) is 139 cm³/mol. The molecule has 0 saturated carbocycles. The summed E-state index contributed by atoms with van der Waals surface area (Å²) in [5, 5.41) is 12.9. The average Bonchev–Trinajstić information content (AvgIpc) is 3.28. The van der Waals surface area contributed by atoms with Gasteiger partial charge in [0.15, 0.2) is 0 Å². The van der Waals surface area contributed by atoms with E-state index in [-0.39, 0.29) is 30.6 Å². The number of primary amides is 1. The average molecular weight is 499 g/mol. The molecule has 1 fully saturated rings. The second-order valence-corrected chi connectivity index (χ2v) is 11.2. The first-order chi connectivity index (χ1) is 16.9. The highest BCUT2D eigenvalue weighted by Gasteiger charge is 2.29. The van der Waals surface area contributed by atoms with Gasteiger partial charge in [0.05, 0.1) is 18.8 Å². The van der Waals surface area contributed by atoms with E-state index in [4.69, 9.17) is 10.8 Å². The van der Waals surface area contributed by atoms with Crippen molar-refractivity contribution in [3.05, 3.63) is 59.8 Å². The summed E-state index contributed by atoms with van der Waals surface area (Å²) in [6.45, 7) is 2.09. The van der Waals surface area contributed by atoms with Crippen LogP contribution in [0, 0.1) is 0 Å². The van der Waals surface area contributed by atoms with Crippen molar-refractivity contribution in [1.29, 1.82) is 0 Å². The molecule has 5 N–H and O–H groups in total. The van der Waals surface area contributed by atoms with Crippen LogP contribution in [0.15, 0.2) is 48.7 Å². The normalized spacial score (nSPS) is 15.6. The molecule has 188 valence electrons. The number of hydrogen-bond donors (Lipinski definition) is 4. The number of benzene rings is 2. The third-order valence-corrected chi connectivity index (χ3v) is 8.66. The van der Waals surface area contributed by atoms with Crippen LogP contribution in [0.25, 0.3) is 22.0 Å². The fraction of sp³-hybridized carbons (Fsp3) is 0.423. The third-order valence-electron chi connectivity index (χ3n) is 6.71. The number of aromatic nitrogens is 1. The van der Waals surface area contributed by atoms with E-state index in [0.717, 1.165) is 46.0 Å². The molecule has 2 heterocycles. The van der Waals surface area contributed by atoms with Gasteiger partial charge in [-0.05, 0) is 66.1 Å². The molecule has 35 heavy (non-hydrogen) atoms. The van der Waals surface area contributed by atoms with Crippen molar-refractivity contribution in [3.8, 4) is 11.1 Å². The zero-order valence-electron chi connectivity index (χ0n) is 19.9. The Labute approximate surface area is 206 Å². The molecule has 9 heteroatoms. The zero-order valence-corrected chi connectivity index (χ0v) is 20.7. The highest BCUT2D eigenvalue weighted by atomic mass is 32.2. The number of H-pyrrole nitrogens is 1. The lowest BCUT2D eigenvalue weighted by Gasteiger charge is -2.31. The molecule has 1 aliphatic rings. The number of aliphatic hydroxyl groups excluding tert-OH is 1. The number of piperidine rings is 1. The molecule has 0 unspecified atom stereocenters. The Balaban J connectivity index is 1.52. The van der Waals surface area contributed by atoms with Gasteiger partial charge in [-0.2, -0.15) is 0 Å². The van der Waals surface area contributed by atoms with Crippen molar-refractivity contribution in [1.82, 2.24) is 14.6 Å². The minimum atomic E-state index is -3.30. The summed E-state index contributed by atoms with van der Waals surface area (Å²) in [5.41, 5.74) is 10.6. The number of fused-ring (bicyclic) bond motifs is 1. The lowest BCUT2D eigenvalue weighted by molar-refractivity contribution is -0.117. The third kappa shape index (κ3) is 6.10. The number of nitrogens with one attached hydrogen (secondary N) is 2. The molecule has 0 radical (unpaired) electrons. The fourth-order valence-corrected chi connectivity index (χ4v) is 6.48. The van der Waals surface area contributed by atoms with Crippen LogP contribution in [0.2, 0.25) is 0 Å². The van der Waals surface area contributed by atoms with E-state index in [9.17, 15) is 13.2 Å². The molecule has 3 aromatic rings. The number of nitrogens with zero attached hydrogens (tertiary/aromatic N) is 1. The van der Waals surface area contributed by atoms with Crippen molar-refractivity contribution in [3.63, 3.8) is 0 Å². The van der Waals surface area contributed by atoms with Crippen LogP contribution in [0.4, 0.5) is 0 Å². The Bertz CT molecular complexity index is 1250. The Kier molecular flexibility index (Phi) is 8.22. The summed E-state index contributed by atoms with van der Waals surface area (Å²) in [5.74, 6) is -0.0355. The van der Waals surface area contributed by atoms with Crippen LogP contribution in [-0.4, -0.2) is 67.3 Å². The second kappa shape index (κ2) is 11.3. The van der Waals surface area contributed by atoms with Gasteiger partial charge in [0.25, 0.3) is 0 Å². The molecule has 1 aliphatic heterocycles. The number of aliphatic hydroxyl groups is 1. The first-order valence-electron chi connectivity index (χ1n) is 12.2. The second-order valence-electron chi connectivity index (χ2n) is 9.13. The number of carbonyl (C=O) groups excluding carboxylic acids is 1. The first kappa shape index (κ1) is 25.4. The summed E-state index contributed by atoms with van der Waals surface area (Å²) in [7, 11) is -3.30. The van der Waals surface area contributed by atoms with E-state index in [1.54, 1.807) is 4.31 Å². The molecule has 0 spiro atoms. The van der Waals surface area contributed by atoms with Crippen molar-refractivity contribution in [2.45, 2.75) is 31.6 Å². The number of hydrogen-bond acceptors (Lipinski definition) is 5. The smallest absolute Gasteiger partial charge is 0.221 e. The van der Waals surface area contributed by atoms with Crippen molar-refractivity contribution in [2.24, 2.45) is 5.73 Å². The molecular weight excluding hydrogens is 464 g/mol. The highest BCUT2D eigenvalue weighted by molar-refractivity contribution is 7.89. The first-order valence-corrected chi connectivity index (χ1v) is 13.8. The molecule has 2 aromatic carbocycles. The quantitative estimate of drug-likeness (QED) is 0.302. The van der Waals surface area contributed by atoms with Gasteiger partial charge in [0.2, 0.25) is 15.9 Å². The maximum absolute atomic E-state index is 12.8. The van der Waals surface area contributed by atoms with E-state index in [2.05, 4.69) is 16.4 Å². The molecule has 4 rings (SSSR count). The predicted octanol–water partition coefficient (Wildman–Crippen LogP) is 2.34. The number of carbonyl (C=O) groups is 1. The number of aromatic amines is 1. The van der Waals surface area contributed by atoms with E-state index in [1.165, 1.54) is 0 Å². The van der Waals surface area contributed by atoms with Crippen molar-refractivity contribution < 1.29 is 18.3 Å². The molecule has 0 bridgehead atoms. The summed E-state index contributed by atoms with van der Waals surface area (Å²) >= 11 is 0. The molecule has 1 saturated heterocycles. The van der Waals surface area contributed by atoms with E-state index in [1.807, 2.05) is 42.6 Å². The highest BCUT2D eigenvalue weighted by Crippen LogP contribution is 2.37. The Morgan fingerprint density at radius 1 is 1.11 bits per heavy atom. The van der Waals surface area contributed by atoms with Gasteiger partial charge in [0.1, 0.15) is 0 Å².